The van der Waals surface area contributed by atoms with Crippen molar-refractivity contribution in [2.45, 2.75) is 25.3 Å². The molecule has 0 spiro atoms. The Kier molecular flexibility index (Phi) is 6.83. The van der Waals surface area contributed by atoms with Gasteiger partial charge >= 0.3 is 0 Å². The number of carbonyl (C=O) groups excluding carboxylic acids is 1. The van der Waals surface area contributed by atoms with Gasteiger partial charge in [0.2, 0.25) is 10.0 Å². The zero-order valence-electron chi connectivity index (χ0n) is 18.4. The zero-order chi connectivity index (χ0) is 23.4. The minimum absolute atomic E-state index is 0.166. The van der Waals surface area contributed by atoms with Crippen molar-refractivity contribution in [3.05, 3.63) is 84.2 Å². The minimum atomic E-state index is -3.59. The van der Waals surface area contributed by atoms with Crippen molar-refractivity contribution in [2.24, 2.45) is 0 Å². The lowest BCUT2D eigenvalue weighted by molar-refractivity contribution is 0.0984. The maximum absolute atomic E-state index is 13.5. The maximum Gasteiger partial charge on any atom is 0.260 e. The summed E-state index contributed by atoms with van der Waals surface area (Å²) in [6, 6.07) is 19.3. The highest BCUT2D eigenvalue weighted by Crippen LogP contribution is 2.30. The number of para-hydroxylation sites is 1. The predicted molar refractivity (Wildman–Crippen MR) is 131 cm³/mol. The van der Waals surface area contributed by atoms with E-state index in [1.54, 1.807) is 37.1 Å². The van der Waals surface area contributed by atoms with Crippen LogP contribution in [0.2, 0.25) is 0 Å². The summed E-state index contributed by atoms with van der Waals surface area (Å²) >= 11 is 1.43. The van der Waals surface area contributed by atoms with E-state index < -0.39 is 10.0 Å². The first-order chi connectivity index (χ1) is 15.9. The third-order valence-electron chi connectivity index (χ3n) is 5.25. The molecule has 33 heavy (non-hydrogen) atoms. The summed E-state index contributed by atoms with van der Waals surface area (Å²) in [6.45, 7) is 4.61. The molecule has 2 aromatic carbocycles. The van der Waals surface area contributed by atoms with Gasteiger partial charge in [0.1, 0.15) is 0 Å². The number of carbonyl (C=O) groups is 1. The number of nitrogens with zero attached hydrogens (tertiary/aromatic N) is 4. The first-order valence-corrected chi connectivity index (χ1v) is 12.9. The van der Waals surface area contributed by atoms with Crippen molar-refractivity contribution < 1.29 is 13.2 Å². The zero-order valence-corrected chi connectivity index (χ0v) is 20.0. The standard InChI is InChI=1S/C24H24N4O3S2/c1-3-27(4-2)33(30,31)20-14-12-18(13-15-20)23(29)28(17-19-9-7-8-16-25-19)24-26-21-10-5-6-11-22(21)32-24/h5-16H,3-4,17H2,1-2H3. The van der Waals surface area contributed by atoms with Crippen LogP contribution in [0.1, 0.15) is 29.9 Å². The molecule has 4 aromatic rings. The molecule has 0 saturated carbocycles. The molecule has 1 amide bonds. The van der Waals surface area contributed by atoms with Crippen LogP contribution in [0.3, 0.4) is 0 Å². The molecular weight excluding hydrogens is 456 g/mol. The topological polar surface area (TPSA) is 83.5 Å². The number of rotatable bonds is 8. The summed E-state index contributed by atoms with van der Waals surface area (Å²) in [4.78, 5) is 24.3. The molecule has 0 radical (unpaired) electrons. The maximum atomic E-state index is 13.5. The second-order valence-electron chi connectivity index (χ2n) is 7.29. The van der Waals surface area contributed by atoms with Crippen LogP contribution >= 0.6 is 11.3 Å². The average Bonchev–Trinajstić information content (AvgIpc) is 3.27. The summed E-state index contributed by atoms with van der Waals surface area (Å²) in [6.07, 6.45) is 1.68. The van der Waals surface area contributed by atoms with Gasteiger partial charge in [-0.2, -0.15) is 4.31 Å². The fraction of sp³-hybridized carbons (Fsp3) is 0.208. The number of amides is 1. The molecule has 7 nitrogen and oxygen atoms in total. The van der Waals surface area contributed by atoms with Gasteiger partial charge in [0.05, 0.1) is 27.4 Å². The summed E-state index contributed by atoms with van der Waals surface area (Å²) in [5, 5.41) is 0.562. The molecule has 0 unspecified atom stereocenters. The van der Waals surface area contributed by atoms with Crippen molar-refractivity contribution in [1.29, 1.82) is 0 Å². The van der Waals surface area contributed by atoms with E-state index in [1.807, 2.05) is 42.5 Å². The molecule has 0 aliphatic heterocycles. The van der Waals surface area contributed by atoms with Gasteiger partial charge in [-0.15, -0.1) is 0 Å². The van der Waals surface area contributed by atoms with Crippen LogP contribution < -0.4 is 4.90 Å². The minimum Gasteiger partial charge on any atom is -0.278 e. The van der Waals surface area contributed by atoms with Gasteiger partial charge in [-0.05, 0) is 48.5 Å². The third-order valence-corrected chi connectivity index (χ3v) is 8.37. The Balaban J connectivity index is 1.69. The van der Waals surface area contributed by atoms with Gasteiger partial charge in [-0.1, -0.05) is 43.4 Å². The van der Waals surface area contributed by atoms with E-state index in [1.165, 1.54) is 27.8 Å². The monoisotopic (exact) mass is 480 g/mol. The molecule has 0 aliphatic rings. The van der Waals surface area contributed by atoms with Gasteiger partial charge in [0, 0.05) is 24.8 Å². The summed E-state index contributed by atoms with van der Waals surface area (Å²) < 4.78 is 27.9. The lowest BCUT2D eigenvalue weighted by atomic mass is 10.2. The van der Waals surface area contributed by atoms with E-state index in [9.17, 15) is 13.2 Å². The number of pyridine rings is 1. The van der Waals surface area contributed by atoms with E-state index in [4.69, 9.17) is 0 Å². The van der Waals surface area contributed by atoms with Gasteiger partial charge in [-0.3, -0.25) is 14.7 Å². The van der Waals surface area contributed by atoms with Crippen LogP contribution in [0, 0.1) is 0 Å². The van der Waals surface area contributed by atoms with E-state index in [-0.39, 0.29) is 17.3 Å². The highest BCUT2D eigenvalue weighted by atomic mass is 32.2. The van der Waals surface area contributed by atoms with Crippen LogP contribution in [-0.2, 0) is 16.6 Å². The van der Waals surface area contributed by atoms with E-state index in [0.717, 1.165) is 15.9 Å². The molecule has 0 saturated heterocycles. The highest BCUT2D eigenvalue weighted by Gasteiger charge is 2.25. The number of hydrogen-bond acceptors (Lipinski definition) is 6. The fourth-order valence-corrected chi connectivity index (χ4v) is 5.91. The first-order valence-electron chi connectivity index (χ1n) is 10.6. The molecule has 4 rings (SSSR count). The smallest absolute Gasteiger partial charge is 0.260 e. The third kappa shape index (κ3) is 4.80. The van der Waals surface area contributed by atoms with Gasteiger partial charge in [0.15, 0.2) is 5.13 Å². The molecule has 0 fully saturated rings. The van der Waals surface area contributed by atoms with Crippen molar-refractivity contribution in [3.63, 3.8) is 0 Å². The molecule has 2 heterocycles. The normalized spacial score (nSPS) is 11.7. The van der Waals surface area contributed by atoms with Crippen LogP contribution in [0.25, 0.3) is 10.2 Å². The highest BCUT2D eigenvalue weighted by molar-refractivity contribution is 7.89. The Morgan fingerprint density at radius 2 is 1.64 bits per heavy atom. The van der Waals surface area contributed by atoms with E-state index in [0.29, 0.717) is 23.8 Å². The average molecular weight is 481 g/mol. The van der Waals surface area contributed by atoms with Crippen LogP contribution in [0.4, 0.5) is 5.13 Å². The van der Waals surface area contributed by atoms with Gasteiger partial charge < -0.3 is 0 Å². The van der Waals surface area contributed by atoms with Crippen molar-refractivity contribution in [1.82, 2.24) is 14.3 Å². The Morgan fingerprint density at radius 1 is 0.939 bits per heavy atom. The molecule has 0 N–H and O–H groups in total. The fourth-order valence-electron chi connectivity index (χ4n) is 3.49. The lowest BCUT2D eigenvalue weighted by Crippen LogP contribution is -2.31. The SMILES string of the molecule is CCN(CC)S(=O)(=O)c1ccc(C(=O)N(Cc2ccccn2)c2nc3ccccc3s2)cc1. The second kappa shape index (κ2) is 9.78. The second-order valence-corrected chi connectivity index (χ2v) is 10.2. The summed E-state index contributed by atoms with van der Waals surface area (Å²) in [5.74, 6) is -0.272. The van der Waals surface area contributed by atoms with Crippen LogP contribution in [0.5, 0.6) is 0 Å². The Labute approximate surface area is 197 Å². The number of hydrogen-bond donors (Lipinski definition) is 0. The lowest BCUT2D eigenvalue weighted by Gasteiger charge is -2.21. The van der Waals surface area contributed by atoms with E-state index in [2.05, 4.69) is 9.97 Å². The molecule has 9 heteroatoms. The van der Waals surface area contributed by atoms with Gasteiger partial charge in [0.25, 0.3) is 5.91 Å². The Hall–Kier alpha value is -3.14. The molecule has 0 aliphatic carbocycles. The molecule has 2 aromatic heterocycles. The molecule has 170 valence electrons. The summed E-state index contributed by atoms with van der Waals surface area (Å²) in [5.41, 5.74) is 1.92. The number of thiazole rings is 1. The Morgan fingerprint density at radius 3 is 2.27 bits per heavy atom. The van der Waals surface area contributed by atoms with Crippen LogP contribution in [-0.4, -0.2) is 41.7 Å². The Bertz CT molecular complexity index is 1320. The van der Waals surface area contributed by atoms with Crippen molar-refractivity contribution in [2.75, 3.05) is 18.0 Å². The molecular formula is C24H24N4O3S2. The summed E-state index contributed by atoms with van der Waals surface area (Å²) in [7, 11) is -3.59. The first kappa shape index (κ1) is 23.0. The van der Waals surface area contributed by atoms with Crippen molar-refractivity contribution >= 4 is 42.6 Å². The number of sulfonamides is 1. The molecule has 0 atom stereocenters. The van der Waals surface area contributed by atoms with Crippen molar-refractivity contribution in [3.8, 4) is 0 Å². The number of fused-ring (bicyclic) bond motifs is 1. The largest absolute Gasteiger partial charge is 0.278 e. The molecule has 0 bridgehead atoms. The number of benzene rings is 2. The number of aromatic nitrogens is 2. The number of anilines is 1. The predicted octanol–water partition coefficient (Wildman–Crippen LogP) is 4.57. The van der Waals surface area contributed by atoms with Gasteiger partial charge in [-0.25, -0.2) is 13.4 Å². The quantitative estimate of drug-likeness (QED) is 0.369. The van der Waals surface area contributed by atoms with Crippen LogP contribution in [0.15, 0.2) is 77.8 Å². The van der Waals surface area contributed by atoms with E-state index >= 15 is 0 Å².